The number of allylic oxidation sites excluding steroid dienone is 4. The molecule has 0 heterocycles. The molecule has 0 unspecified atom stereocenters. The van der Waals surface area contributed by atoms with E-state index in [1.165, 1.54) is 29.9 Å². The maximum Gasteiger partial charge on any atom is 0.330 e. The van der Waals surface area contributed by atoms with Crippen molar-refractivity contribution in [3.8, 4) is 5.75 Å². The summed E-state index contributed by atoms with van der Waals surface area (Å²) in [6.45, 7) is 10.6. The van der Waals surface area contributed by atoms with E-state index < -0.39 is 0 Å². The van der Waals surface area contributed by atoms with Gasteiger partial charge in [-0.15, -0.1) is 0 Å². The molecule has 0 aliphatic carbocycles. The fourth-order valence-corrected chi connectivity index (χ4v) is 2.05. The normalized spacial score (nSPS) is 12.6. The van der Waals surface area contributed by atoms with E-state index in [0.717, 1.165) is 16.9 Å². The predicted molar refractivity (Wildman–Crippen MR) is 94.8 cm³/mol. The van der Waals surface area contributed by atoms with Crippen LogP contribution < -0.4 is 4.74 Å². The molecule has 0 fully saturated rings. The Hall–Kier alpha value is -2.29. The third kappa shape index (κ3) is 6.55. The molecule has 1 aromatic carbocycles. The molecule has 0 amide bonds. The molecule has 1 rings (SSSR count). The molecule has 0 atom stereocenters. The summed E-state index contributed by atoms with van der Waals surface area (Å²) < 4.78 is 10.5. The molecular formula is C20H26O3. The van der Waals surface area contributed by atoms with Crippen LogP contribution in [0.2, 0.25) is 0 Å². The highest BCUT2D eigenvalue weighted by atomic mass is 16.5. The van der Waals surface area contributed by atoms with E-state index in [2.05, 4.69) is 37.6 Å². The van der Waals surface area contributed by atoms with Crippen molar-refractivity contribution in [3.63, 3.8) is 0 Å². The van der Waals surface area contributed by atoms with E-state index in [4.69, 9.17) is 4.74 Å². The lowest BCUT2D eigenvalue weighted by molar-refractivity contribution is -0.134. The third-order valence-electron chi connectivity index (χ3n) is 3.51. The number of benzene rings is 1. The molecule has 0 aliphatic heterocycles. The van der Waals surface area contributed by atoms with Gasteiger partial charge in [-0.25, -0.2) is 4.79 Å². The SMILES string of the molecule is COC(=O)/C=C(C)/C=C/C=C(\C)COc1cc(C)cc(C)c1C. The fourth-order valence-electron chi connectivity index (χ4n) is 2.05. The zero-order valence-electron chi connectivity index (χ0n) is 14.9. The second-order valence-corrected chi connectivity index (χ2v) is 5.78. The Bertz CT molecular complexity index is 649. The van der Waals surface area contributed by atoms with Gasteiger partial charge in [-0.3, -0.25) is 0 Å². The molecule has 0 N–H and O–H groups in total. The molecule has 3 nitrogen and oxygen atoms in total. The van der Waals surface area contributed by atoms with Crippen LogP contribution in [0, 0.1) is 20.8 Å². The summed E-state index contributed by atoms with van der Waals surface area (Å²) in [7, 11) is 1.37. The van der Waals surface area contributed by atoms with Gasteiger partial charge < -0.3 is 9.47 Å². The minimum absolute atomic E-state index is 0.346. The Morgan fingerprint density at radius 3 is 2.52 bits per heavy atom. The number of carbonyl (C=O) groups excluding carboxylic acids is 1. The summed E-state index contributed by atoms with van der Waals surface area (Å²) in [5.41, 5.74) is 5.56. The number of hydrogen-bond acceptors (Lipinski definition) is 3. The van der Waals surface area contributed by atoms with Gasteiger partial charge in [0.25, 0.3) is 0 Å². The van der Waals surface area contributed by atoms with Crippen molar-refractivity contribution in [2.75, 3.05) is 13.7 Å². The lowest BCUT2D eigenvalue weighted by atomic mass is 10.1. The van der Waals surface area contributed by atoms with Crippen molar-refractivity contribution in [3.05, 3.63) is 64.3 Å². The molecule has 0 radical (unpaired) electrons. The molecular weight excluding hydrogens is 288 g/mol. The van der Waals surface area contributed by atoms with Gasteiger partial charge in [0.05, 0.1) is 7.11 Å². The van der Waals surface area contributed by atoms with Gasteiger partial charge >= 0.3 is 5.97 Å². The standard InChI is InChI=1S/C20H26O3/c1-14(12-20(21)22-6)8-7-9-15(2)13-23-19-11-16(3)10-17(4)18(19)5/h7-12H,13H2,1-6H3/b8-7+,14-12+,15-9+. The van der Waals surface area contributed by atoms with Gasteiger partial charge in [-0.2, -0.15) is 0 Å². The van der Waals surface area contributed by atoms with Crippen LogP contribution in [-0.2, 0) is 9.53 Å². The van der Waals surface area contributed by atoms with Crippen molar-refractivity contribution in [2.45, 2.75) is 34.6 Å². The Morgan fingerprint density at radius 1 is 1.17 bits per heavy atom. The average molecular weight is 314 g/mol. The van der Waals surface area contributed by atoms with Gasteiger partial charge in [0.15, 0.2) is 0 Å². The van der Waals surface area contributed by atoms with Crippen LogP contribution >= 0.6 is 0 Å². The van der Waals surface area contributed by atoms with Crippen molar-refractivity contribution in [2.24, 2.45) is 0 Å². The Balaban J connectivity index is 2.65. The molecule has 3 heteroatoms. The minimum atomic E-state index is -0.346. The lowest BCUT2D eigenvalue weighted by Gasteiger charge is -2.12. The lowest BCUT2D eigenvalue weighted by Crippen LogP contribution is -2.01. The average Bonchev–Trinajstić information content (AvgIpc) is 2.49. The fraction of sp³-hybridized carbons (Fsp3) is 0.350. The maximum absolute atomic E-state index is 11.1. The number of rotatable bonds is 6. The van der Waals surface area contributed by atoms with E-state index in [1.54, 1.807) is 0 Å². The Kier molecular flexibility index (Phi) is 7.33. The van der Waals surface area contributed by atoms with Crippen LogP contribution in [0.25, 0.3) is 0 Å². The smallest absolute Gasteiger partial charge is 0.330 e. The van der Waals surface area contributed by atoms with Crippen molar-refractivity contribution in [1.29, 1.82) is 0 Å². The molecule has 0 bridgehead atoms. The van der Waals surface area contributed by atoms with Gasteiger partial charge in [0.2, 0.25) is 0 Å². The highest BCUT2D eigenvalue weighted by Crippen LogP contribution is 2.23. The van der Waals surface area contributed by atoms with E-state index in [1.807, 2.05) is 32.1 Å². The van der Waals surface area contributed by atoms with Gasteiger partial charge in [-0.1, -0.05) is 24.3 Å². The predicted octanol–water partition coefficient (Wildman–Crippen LogP) is 4.61. The molecule has 1 aromatic rings. The topological polar surface area (TPSA) is 35.5 Å². The molecule has 124 valence electrons. The van der Waals surface area contributed by atoms with E-state index in [0.29, 0.717) is 6.61 Å². The highest BCUT2D eigenvalue weighted by molar-refractivity contribution is 5.83. The summed E-state index contributed by atoms with van der Waals surface area (Å²) in [5.74, 6) is 0.586. The largest absolute Gasteiger partial charge is 0.489 e. The van der Waals surface area contributed by atoms with Gasteiger partial charge in [0, 0.05) is 6.08 Å². The summed E-state index contributed by atoms with van der Waals surface area (Å²) in [4.78, 5) is 11.1. The summed E-state index contributed by atoms with van der Waals surface area (Å²) in [6.07, 6.45) is 7.20. The number of hydrogen-bond donors (Lipinski definition) is 0. The zero-order chi connectivity index (χ0) is 17.4. The second kappa shape index (κ2) is 8.99. The number of carbonyl (C=O) groups is 1. The van der Waals surface area contributed by atoms with Gasteiger partial charge in [-0.05, 0) is 68.5 Å². The minimum Gasteiger partial charge on any atom is -0.489 e. The molecule has 0 aliphatic rings. The monoisotopic (exact) mass is 314 g/mol. The van der Waals surface area contributed by atoms with Gasteiger partial charge in [0.1, 0.15) is 12.4 Å². The van der Waals surface area contributed by atoms with Crippen molar-refractivity contribution >= 4 is 5.97 Å². The van der Waals surface area contributed by atoms with Crippen LogP contribution in [0.5, 0.6) is 5.75 Å². The maximum atomic E-state index is 11.1. The third-order valence-corrected chi connectivity index (χ3v) is 3.51. The molecule has 0 saturated carbocycles. The first kappa shape index (κ1) is 18.8. The van der Waals surface area contributed by atoms with E-state index >= 15 is 0 Å². The number of esters is 1. The molecule has 0 saturated heterocycles. The molecule has 23 heavy (non-hydrogen) atoms. The van der Waals surface area contributed by atoms with Crippen molar-refractivity contribution < 1.29 is 14.3 Å². The zero-order valence-corrected chi connectivity index (χ0v) is 14.9. The number of ether oxygens (including phenoxy) is 2. The van der Waals surface area contributed by atoms with Crippen LogP contribution in [0.4, 0.5) is 0 Å². The van der Waals surface area contributed by atoms with Crippen LogP contribution in [0.3, 0.4) is 0 Å². The number of methoxy groups -OCH3 is 1. The van der Waals surface area contributed by atoms with E-state index in [9.17, 15) is 4.79 Å². The molecule has 0 spiro atoms. The first-order valence-electron chi connectivity index (χ1n) is 7.64. The first-order chi connectivity index (χ1) is 10.8. The Labute approximate surface area is 139 Å². The molecule has 0 aromatic heterocycles. The van der Waals surface area contributed by atoms with Crippen LogP contribution in [-0.4, -0.2) is 19.7 Å². The summed E-state index contributed by atoms with van der Waals surface area (Å²) >= 11 is 0. The van der Waals surface area contributed by atoms with Crippen LogP contribution in [0.1, 0.15) is 30.5 Å². The van der Waals surface area contributed by atoms with E-state index in [-0.39, 0.29) is 5.97 Å². The second-order valence-electron chi connectivity index (χ2n) is 5.78. The highest BCUT2D eigenvalue weighted by Gasteiger charge is 2.03. The van der Waals surface area contributed by atoms with Crippen LogP contribution in [0.15, 0.2) is 47.6 Å². The quantitative estimate of drug-likeness (QED) is 0.437. The number of aryl methyl sites for hydroxylation is 2. The summed E-state index contributed by atoms with van der Waals surface area (Å²) in [6, 6.07) is 4.22. The van der Waals surface area contributed by atoms with Crippen molar-refractivity contribution in [1.82, 2.24) is 0 Å². The summed E-state index contributed by atoms with van der Waals surface area (Å²) in [5, 5.41) is 0. The Morgan fingerprint density at radius 2 is 1.87 bits per heavy atom. The first-order valence-corrected chi connectivity index (χ1v) is 7.64.